The maximum absolute atomic E-state index is 13.4. The van der Waals surface area contributed by atoms with Crippen molar-refractivity contribution in [3.8, 4) is 11.5 Å². The number of hydrogen-bond acceptors (Lipinski definition) is 2. The lowest BCUT2D eigenvalue weighted by Gasteiger charge is -2.09. The van der Waals surface area contributed by atoms with E-state index in [0.29, 0.717) is 29.0 Å². The maximum Gasteiger partial charge on any atom is 0.168 e. The van der Waals surface area contributed by atoms with E-state index < -0.39 is 0 Å². The highest BCUT2D eigenvalue weighted by Gasteiger charge is 2.10. The standard InChI is InChI=1S/C10H13FO.C9H11FO/c1-7(2)8-5-4-6-9(12-3)10(8)11;1-3-7-6-8(11-2)4-5-9(7)10/h4-7H,1-3H3;4-6H,3H2,1-2H3. The fourth-order valence-electron chi connectivity index (χ4n) is 2.08. The highest BCUT2D eigenvalue weighted by atomic mass is 19.1. The molecule has 23 heavy (non-hydrogen) atoms. The minimum atomic E-state index is -0.241. The van der Waals surface area contributed by atoms with E-state index in [1.54, 1.807) is 37.4 Å². The number of aryl methyl sites for hydroxylation is 1. The second kappa shape index (κ2) is 9.13. The zero-order valence-corrected chi connectivity index (χ0v) is 14.3. The van der Waals surface area contributed by atoms with E-state index in [1.807, 2.05) is 20.8 Å². The van der Waals surface area contributed by atoms with Crippen molar-refractivity contribution < 1.29 is 18.3 Å². The second-order valence-electron chi connectivity index (χ2n) is 5.33. The first kappa shape index (κ1) is 18.9. The summed E-state index contributed by atoms with van der Waals surface area (Å²) >= 11 is 0. The van der Waals surface area contributed by atoms with Crippen LogP contribution in [0.2, 0.25) is 0 Å². The fraction of sp³-hybridized carbons (Fsp3) is 0.368. The zero-order valence-electron chi connectivity index (χ0n) is 14.3. The summed E-state index contributed by atoms with van der Waals surface area (Å²) in [6, 6.07) is 9.97. The number of halogens is 2. The van der Waals surface area contributed by atoms with Crippen molar-refractivity contribution in [2.24, 2.45) is 0 Å². The van der Waals surface area contributed by atoms with Gasteiger partial charge in [-0.1, -0.05) is 32.9 Å². The summed E-state index contributed by atoms with van der Waals surface area (Å²) in [5, 5.41) is 0. The Hall–Kier alpha value is -2.10. The SMILES string of the molecule is CCc1cc(OC)ccc1F.COc1cccc(C(C)C)c1F. The molecule has 0 amide bonds. The summed E-state index contributed by atoms with van der Waals surface area (Å²) in [6.07, 6.45) is 0.697. The van der Waals surface area contributed by atoms with Crippen LogP contribution in [0.15, 0.2) is 36.4 Å². The van der Waals surface area contributed by atoms with Gasteiger partial charge in [0.15, 0.2) is 11.6 Å². The summed E-state index contributed by atoms with van der Waals surface area (Å²) in [7, 11) is 3.05. The van der Waals surface area contributed by atoms with Crippen LogP contribution in [0.3, 0.4) is 0 Å². The molecule has 0 saturated heterocycles. The maximum atomic E-state index is 13.4. The third-order valence-electron chi connectivity index (χ3n) is 3.47. The van der Waals surface area contributed by atoms with Crippen LogP contribution in [0.4, 0.5) is 8.78 Å². The molecule has 2 aromatic carbocycles. The largest absolute Gasteiger partial charge is 0.497 e. The summed E-state index contributed by atoms with van der Waals surface area (Å²) in [5.74, 6) is 0.827. The van der Waals surface area contributed by atoms with Crippen LogP contribution in [0.25, 0.3) is 0 Å². The van der Waals surface area contributed by atoms with Crippen LogP contribution >= 0.6 is 0 Å². The Morgan fingerprint density at radius 3 is 2.22 bits per heavy atom. The summed E-state index contributed by atoms with van der Waals surface area (Å²) in [6.45, 7) is 5.83. The van der Waals surface area contributed by atoms with Gasteiger partial charge in [-0.25, -0.2) is 8.78 Å². The lowest BCUT2D eigenvalue weighted by Crippen LogP contribution is -1.96. The second-order valence-corrected chi connectivity index (χ2v) is 5.33. The van der Waals surface area contributed by atoms with Crippen LogP contribution in [-0.4, -0.2) is 14.2 Å². The molecule has 0 heterocycles. The first-order chi connectivity index (χ1) is 10.9. The Kier molecular flexibility index (Phi) is 7.52. The van der Waals surface area contributed by atoms with Gasteiger partial charge in [-0.05, 0) is 47.7 Å². The Bertz CT molecular complexity index is 625. The third-order valence-corrected chi connectivity index (χ3v) is 3.47. The molecule has 2 aromatic rings. The van der Waals surface area contributed by atoms with Crippen molar-refractivity contribution >= 4 is 0 Å². The van der Waals surface area contributed by atoms with Crippen molar-refractivity contribution in [1.82, 2.24) is 0 Å². The van der Waals surface area contributed by atoms with Crippen LogP contribution in [0.1, 0.15) is 37.8 Å². The lowest BCUT2D eigenvalue weighted by atomic mass is 10.0. The van der Waals surface area contributed by atoms with Crippen LogP contribution in [-0.2, 0) is 6.42 Å². The molecule has 0 saturated carbocycles. The van der Waals surface area contributed by atoms with Crippen LogP contribution in [0, 0.1) is 11.6 Å². The number of ether oxygens (including phenoxy) is 2. The van der Waals surface area contributed by atoms with E-state index in [4.69, 9.17) is 9.47 Å². The smallest absolute Gasteiger partial charge is 0.168 e. The number of hydrogen-bond donors (Lipinski definition) is 0. The van der Waals surface area contributed by atoms with Crippen molar-refractivity contribution in [2.45, 2.75) is 33.1 Å². The molecule has 0 aliphatic rings. The molecule has 4 heteroatoms. The van der Waals surface area contributed by atoms with Gasteiger partial charge in [-0.2, -0.15) is 0 Å². The van der Waals surface area contributed by atoms with Crippen molar-refractivity contribution in [1.29, 1.82) is 0 Å². The Labute approximate surface area is 137 Å². The molecule has 0 radical (unpaired) electrons. The van der Waals surface area contributed by atoms with Gasteiger partial charge in [0.2, 0.25) is 0 Å². The highest BCUT2D eigenvalue weighted by molar-refractivity contribution is 5.32. The summed E-state index contributed by atoms with van der Waals surface area (Å²) < 4.78 is 36.1. The van der Waals surface area contributed by atoms with Gasteiger partial charge >= 0.3 is 0 Å². The lowest BCUT2D eigenvalue weighted by molar-refractivity contribution is 0.383. The fourth-order valence-corrected chi connectivity index (χ4v) is 2.08. The van der Waals surface area contributed by atoms with E-state index in [1.165, 1.54) is 13.2 Å². The molecule has 0 atom stereocenters. The number of rotatable bonds is 4. The van der Waals surface area contributed by atoms with E-state index in [9.17, 15) is 8.78 Å². The van der Waals surface area contributed by atoms with Crippen molar-refractivity contribution in [3.63, 3.8) is 0 Å². The van der Waals surface area contributed by atoms with Gasteiger partial charge in [0.05, 0.1) is 14.2 Å². The Morgan fingerprint density at radius 1 is 1.00 bits per heavy atom. The van der Waals surface area contributed by atoms with Gasteiger partial charge in [-0.3, -0.25) is 0 Å². The molecule has 0 aliphatic heterocycles. The van der Waals surface area contributed by atoms with Gasteiger partial charge in [0, 0.05) is 0 Å². The molecule has 2 rings (SSSR count). The summed E-state index contributed by atoms with van der Waals surface area (Å²) in [4.78, 5) is 0. The highest BCUT2D eigenvalue weighted by Crippen LogP contribution is 2.25. The first-order valence-electron chi connectivity index (χ1n) is 7.59. The first-order valence-corrected chi connectivity index (χ1v) is 7.59. The average Bonchev–Trinajstić information content (AvgIpc) is 2.56. The van der Waals surface area contributed by atoms with Crippen LogP contribution < -0.4 is 9.47 Å². The predicted octanol–water partition coefficient (Wildman–Crippen LogP) is 5.35. The van der Waals surface area contributed by atoms with E-state index in [-0.39, 0.29) is 17.6 Å². The third kappa shape index (κ3) is 5.23. The molecule has 0 bridgehead atoms. The topological polar surface area (TPSA) is 18.5 Å². The van der Waals surface area contributed by atoms with Gasteiger partial charge < -0.3 is 9.47 Å². The molecule has 0 aromatic heterocycles. The van der Waals surface area contributed by atoms with E-state index in [2.05, 4.69) is 0 Å². The van der Waals surface area contributed by atoms with Gasteiger partial charge in [0.1, 0.15) is 11.6 Å². The monoisotopic (exact) mass is 322 g/mol. The van der Waals surface area contributed by atoms with Gasteiger partial charge in [0.25, 0.3) is 0 Å². The van der Waals surface area contributed by atoms with Crippen LogP contribution in [0.5, 0.6) is 11.5 Å². The Morgan fingerprint density at radius 2 is 1.70 bits per heavy atom. The average molecular weight is 322 g/mol. The molecule has 0 unspecified atom stereocenters. The normalized spacial score (nSPS) is 10.1. The van der Waals surface area contributed by atoms with Crippen molar-refractivity contribution in [3.05, 3.63) is 59.2 Å². The van der Waals surface area contributed by atoms with Crippen molar-refractivity contribution in [2.75, 3.05) is 14.2 Å². The Balaban J connectivity index is 0.000000231. The molecular weight excluding hydrogens is 298 g/mol. The predicted molar refractivity (Wildman–Crippen MR) is 89.4 cm³/mol. The zero-order chi connectivity index (χ0) is 17.4. The molecule has 0 fully saturated rings. The molecule has 0 spiro atoms. The van der Waals surface area contributed by atoms with E-state index >= 15 is 0 Å². The molecule has 0 aliphatic carbocycles. The van der Waals surface area contributed by atoms with Gasteiger partial charge in [-0.15, -0.1) is 0 Å². The number of benzene rings is 2. The van der Waals surface area contributed by atoms with E-state index in [0.717, 1.165) is 0 Å². The molecule has 126 valence electrons. The minimum Gasteiger partial charge on any atom is -0.497 e. The minimum absolute atomic E-state index is 0.159. The number of methoxy groups -OCH3 is 2. The quantitative estimate of drug-likeness (QED) is 0.755. The molecule has 0 N–H and O–H groups in total. The molecular formula is C19H24F2O2. The summed E-state index contributed by atoms with van der Waals surface area (Å²) in [5.41, 5.74) is 1.40. The molecule has 2 nitrogen and oxygen atoms in total.